The second-order valence-corrected chi connectivity index (χ2v) is 5.61. The van der Waals surface area contributed by atoms with Gasteiger partial charge in [0.25, 0.3) is 0 Å². The third-order valence-corrected chi connectivity index (χ3v) is 4.45. The van der Waals surface area contributed by atoms with E-state index < -0.39 is 0 Å². The van der Waals surface area contributed by atoms with Crippen molar-refractivity contribution in [3.63, 3.8) is 0 Å². The van der Waals surface area contributed by atoms with Gasteiger partial charge in [-0.15, -0.1) is 0 Å². The molecular formula is C15H20N4. The fourth-order valence-electron chi connectivity index (χ4n) is 3.49. The molecule has 2 heterocycles. The Morgan fingerprint density at radius 1 is 1.26 bits per heavy atom. The van der Waals surface area contributed by atoms with Gasteiger partial charge in [0, 0.05) is 19.6 Å². The van der Waals surface area contributed by atoms with Crippen LogP contribution in [0.2, 0.25) is 0 Å². The number of hydrogen-bond acceptors (Lipinski definition) is 4. The maximum Gasteiger partial charge on any atom is 0.142 e. The zero-order chi connectivity index (χ0) is 13.1. The minimum atomic E-state index is 0.220. The fourth-order valence-corrected chi connectivity index (χ4v) is 3.49. The van der Waals surface area contributed by atoms with Gasteiger partial charge in [-0.05, 0) is 25.0 Å². The van der Waals surface area contributed by atoms with Crippen LogP contribution in [0, 0.1) is 11.3 Å². The minimum Gasteiger partial charge on any atom is -0.348 e. The van der Waals surface area contributed by atoms with Crippen molar-refractivity contribution in [3.05, 3.63) is 23.9 Å². The number of nitrogens with one attached hydrogen (secondary N) is 1. The second-order valence-electron chi connectivity index (χ2n) is 5.61. The van der Waals surface area contributed by atoms with Crippen LogP contribution in [-0.4, -0.2) is 30.2 Å². The Balaban J connectivity index is 1.93. The van der Waals surface area contributed by atoms with Crippen molar-refractivity contribution in [3.8, 4) is 6.07 Å². The van der Waals surface area contributed by atoms with Crippen LogP contribution < -0.4 is 10.2 Å². The van der Waals surface area contributed by atoms with Crippen LogP contribution in [0.25, 0.3) is 0 Å². The zero-order valence-electron chi connectivity index (χ0n) is 11.2. The standard InChI is InChI=1S/C15H20N4/c16-11-13-5-4-6-14(18-13)19-10-9-17-12-15(19)7-2-1-3-8-15/h4-6,17H,1-3,7-10,12H2. The third-order valence-electron chi connectivity index (χ3n) is 4.45. The SMILES string of the molecule is N#Cc1cccc(N2CCNCC23CCCCC3)n1. The number of nitrogens with zero attached hydrogens (tertiary/aromatic N) is 3. The van der Waals surface area contributed by atoms with Crippen molar-refractivity contribution < 1.29 is 0 Å². The Kier molecular flexibility index (Phi) is 3.39. The lowest BCUT2D eigenvalue weighted by atomic mass is 9.79. The van der Waals surface area contributed by atoms with E-state index in [1.54, 1.807) is 6.07 Å². The Morgan fingerprint density at radius 2 is 2.11 bits per heavy atom. The molecule has 1 saturated carbocycles. The molecule has 0 aromatic carbocycles. The van der Waals surface area contributed by atoms with Crippen molar-refractivity contribution >= 4 is 5.82 Å². The summed E-state index contributed by atoms with van der Waals surface area (Å²) in [6.07, 6.45) is 6.42. The first kappa shape index (κ1) is 12.4. The zero-order valence-corrected chi connectivity index (χ0v) is 11.2. The number of nitriles is 1. The molecule has 0 radical (unpaired) electrons. The van der Waals surface area contributed by atoms with Crippen LogP contribution in [0.3, 0.4) is 0 Å². The quantitative estimate of drug-likeness (QED) is 0.835. The smallest absolute Gasteiger partial charge is 0.142 e. The van der Waals surface area contributed by atoms with Crippen molar-refractivity contribution in [1.82, 2.24) is 10.3 Å². The first-order chi connectivity index (χ1) is 9.34. The van der Waals surface area contributed by atoms with E-state index in [1.165, 1.54) is 32.1 Å². The molecule has 0 bridgehead atoms. The van der Waals surface area contributed by atoms with E-state index in [4.69, 9.17) is 5.26 Å². The highest BCUT2D eigenvalue weighted by Crippen LogP contribution is 2.36. The van der Waals surface area contributed by atoms with Crippen LogP contribution >= 0.6 is 0 Å². The van der Waals surface area contributed by atoms with Crippen molar-refractivity contribution in [2.45, 2.75) is 37.6 Å². The lowest BCUT2D eigenvalue weighted by molar-refractivity contribution is 0.239. The van der Waals surface area contributed by atoms with Gasteiger partial charge in [-0.1, -0.05) is 25.3 Å². The van der Waals surface area contributed by atoms with Crippen LogP contribution in [0.1, 0.15) is 37.8 Å². The van der Waals surface area contributed by atoms with E-state index in [9.17, 15) is 0 Å². The number of pyridine rings is 1. The molecule has 3 rings (SSSR count). The number of piperazine rings is 1. The molecular weight excluding hydrogens is 236 g/mol. The van der Waals surface area contributed by atoms with Gasteiger partial charge in [-0.25, -0.2) is 4.98 Å². The topological polar surface area (TPSA) is 52.0 Å². The minimum absolute atomic E-state index is 0.220. The molecule has 0 unspecified atom stereocenters. The average molecular weight is 256 g/mol. The highest BCUT2D eigenvalue weighted by Gasteiger charge is 2.40. The maximum atomic E-state index is 9.02. The summed E-state index contributed by atoms with van der Waals surface area (Å²) in [6, 6.07) is 7.91. The summed E-state index contributed by atoms with van der Waals surface area (Å²) in [6.45, 7) is 3.04. The van der Waals surface area contributed by atoms with E-state index in [-0.39, 0.29) is 5.54 Å². The molecule has 4 nitrogen and oxygen atoms in total. The number of aromatic nitrogens is 1. The lowest BCUT2D eigenvalue weighted by Gasteiger charge is -2.50. The molecule has 100 valence electrons. The highest BCUT2D eigenvalue weighted by atomic mass is 15.3. The van der Waals surface area contributed by atoms with Crippen molar-refractivity contribution in [2.75, 3.05) is 24.5 Å². The second kappa shape index (κ2) is 5.18. The predicted octanol–water partition coefficient (Wildman–Crippen LogP) is 2.07. The van der Waals surface area contributed by atoms with Gasteiger partial charge >= 0.3 is 0 Å². The molecule has 4 heteroatoms. The van der Waals surface area contributed by atoms with E-state index in [0.717, 1.165) is 25.5 Å². The van der Waals surface area contributed by atoms with Gasteiger partial charge in [0.1, 0.15) is 17.6 Å². The first-order valence-electron chi connectivity index (χ1n) is 7.20. The molecule has 1 aliphatic heterocycles. The van der Waals surface area contributed by atoms with Gasteiger partial charge in [-0.3, -0.25) is 0 Å². The average Bonchev–Trinajstić information content (AvgIpc) is 2.49. The molecule has 19 heavy (non-hydrogen) atoms. The van der Waals surface area contributed by atoms with Crippen molar-refractivity contribution in [2.24, 2.45) is 0 Å². The summed E-state index contributed by atoms with van der Waals surface area (Å²) >= 11 is 0. The summed E-state index contributed by atoms with van der Waals surface area (Å²) in [5.74, 6) is 0.974. The van der Waals surface area contributed by atoms with Gasteiger partial charge < -0.3 is 10.2 Å². The number of hydrogen-bond donors (Lipinski definition) is 1. The Hall–Kier alpha value is -1.60. The molecule has 1 saturated heterocycles. The molecule has 2 aliphatic rings. The molecule has 2 fully saturated rings. The van der Waals surface area contributed by atoms with Crippen LogP contribution in [-0.2, 0) is 0 Å². The maximum absolute atomic E-state index is 9.02. The Bertz CT molecular complexity index is 477. The van der Waals surface area contributed by atoms with Crippen molar-refractivity contribution in [1.29, 1.82) is 5.26 Å². The van der Waals surface area contributed by atoms with E-state index in [2.05, 4.69) is 21.3 Å². The lowest BCUT2D eigenvalue weighted by Crippen LogP contribution is -2.62. The van der Waals surface area contributed by atoms with Crippen LogP contribution in [0.5, 0.6) is 0 Å². The Morgan fingerprint density at radius 3 is 2.89 bits per heavy atom. The fraction of sp³-hybridized carbons (Fsp3) is 0.600. The molecule has 0 amide bonds. The third kappa shape index (κ3) is 2.31. The number of anilines is 1. The Labute approximate surface area is 114 Å². The predicted molar refractivity (Wildman–Crippen MR) is 75.0 cm³/mol. The van der Waals surface area contributed by atoms with E-state index >= 15 is 0 Å². The molecule has 1 aromatic rings. The normalized spacial score (nSPS) is 22.2. The van der Waals surface area contributed by atoms with Gasteiger partial charge in [0.05, 0.1) is 5.54 Å². The van der Waals surface area contributed by atoms with Gasteiger partial charge in [0.15, 0.2) is 0 Å². The highest BCUT2D eigenvalue weighted by molar-refractivity contribution is 5.46. The van der Waals surface area contributed by atoms with Crippen LogP contribution in [0.4, 0.5) is 5.82 Å². The molecule has 0 atom stereocenters. The first-order valence-corrected chi connectivity index (χ1v) is 7.20. The summed E-state index contributed by atoms with van der Waals surface area (Å²) < 4.78 is 0. The van der Waals surface area contributed by atoms with E-state index in [1.807, 2.05) is 12.1 Å². The van der Waals surface area contributed by atoms with Gasteiger partial charge in [0.2, 0.25) is 0 Å². The summed E-state index contributed by atoms with van der Waals surface area (Å²) in [5, 5.41) is 12.6. The summed E-state index contributed by atoms with van der Waals surface area (Å²) in [4.78, 5) is 6.95. The molecule has 1 aliphatic carbocycles. The molecule has 1 N–H and O–H groups in total. The molecule has 1 aromatic heterocycles. The monoisotopic (exact) mass is 256 g/mol. The van der Waals surface area contributed by atoms with Gasteiger partial charge in [-0.2, -0.15) is 5.26 Å². The molecule has 1 spiro atoms. The number of rotatable bonds is 1. The largest absolute Gasteiger partial charge is 0.348 e. The summed E-state index contributed by atoms with van der Waals surface area (Å²) in [5.41, 5.74) is 0.736. The summed E-state index contributed by atoms with van der Waals surface area (Å²) in [7, 11) is 0. The van der Waals surface area contributed by atoms with Crippen LogP contribution in [0.15, 0.2) is 18.2 Å². The van der Waals surface area contributed by atoms with E-state index in [0.29, 0.717) is 5.69 Å².